The van der Waals surface area contributed by atoms with Crippen LogP contribution in [0.15, 0.2) is 9.78 Å². The van der Waals surface area contributed by atoms with Crippen LogP contribution in [0.2, 0.25) is 0 Å². The third-order valence-electron chi connectivity index (χ3n) is 1.32. The third-order valence-corrected chi connectivity index (χ3v) is 2.35. The first kappa shape index (κ1) is 13.1. The Morgan fingerprint density at radius 3 is 2.14 bits per heavy atom. The van der Waals surface area contributed by atoms with E-state index in [9.17, 15) is 14.4 Å². The van der Waals surface area contributed by atoms with Gasteiger partial charge < -0.3 is 10.0 Å². The average Bonchev–Trinajstić information content (AvgIpc) is 2.01. The van der Waals surface area contributed by atoms with Gasteiger partial charge >= 0.3 is 5.97 Å². The Kier molecular flexibility index (Phi) is 5.36. The number of hydrogen-bond acceptors (Lipinski definition) is 3. The molecule has 0 aliphatic carbocycles. The van der Waals surface area contributed by atoms with E-state index in [1.807, 2.05) is 0 Å². The minimum absolute atomic E-state index is 0.206. The van der Waals surface area contributed by atoms with Gasteiger partial charge in [0.05, 0.1) is 3.58 Å². The van der Waals surface area contributed by atoms with E-state index >= 15 is 0 Å². The van der Waals surface area contributed by atoms with E-state index in [0.717, 1.165) is 4.90 Å². The maximum atomic E-state index is 10.9. The van der Waals surface area contributed by atoms with Crippen LogP contribution in [-0.2, 0) is 14.4 Å². The molecular formula is C8H10INO4. The lowest BCUT2D eigenvalue weighted by Crippen LogP contribution is -2.29. The van der Waals surface area contributed by atoms with Crippen molar-refractivity contribution in [1.29, 1.82) is 0 Å². The summed E-state index contributed by atoms with van der Waals surface area (Å²) in [5.41, 5.74) is 0. The van der Waals surface area contributed by atoms with E-state index in [1.54, 1.807) is 22.6 Å². The highest BCUT2D eigenvalue weighted by molar-refractivity contribution is 14.1. The van der Waals surface area contributed by atoms with Gasteiger partial charge in [-0.25, -0.2) is 0 Å². The average molecular weight is 311 g/mol. The Morgan fingerprint density at radius 1 is 1.36 bits per heavy atom. The first-order chi connectivity index (χ1) is 6.34. The summed E-state index contributed by atoms with van der Waals surface area (Å²) in [6.07, 6.45) is 1.24. The number of Topliss-reactive ketones (excluding diaryl/α,β-unsaturated/α-hetero) is 1. The van der Waals surface area contributed by atoms with Crippen molar-refractivity contribution in [2.45, 2.75) is 13.8 Å². The van der Waals surface area contributed by atoms with Crippen molar-refractivity contribution in [2.75, 3.05) is 6.54 Å². The highest BCUT2D eigenvalue weighted by Crippen LogP contribution is 2.08. The lowest BCUT2D eigenvalue weighted by molar-refractivity contribution is -0.141. The molecule has 5 nitrogen and oxygen atoms in total. The van der Waals surface area contributed by atoms with Gasteiger partial charge in [-0.05, 0) is 29.5 Å². The monoisotopic (exact) mass is 311 g/mol. The van der Waals surface area contributed by atoms with E-state index in [4.69, 9.17) is 5.11 Å². The van der Waals surface area contributed by atoms with Gasteiger partial charge in [0.2, 0.25) is 5.91 Å². The molecule has 0 rings (SSSR count). The molecule has 14 heavy (non-hydrogen) atoms. The van der Waals surface area contributed by atoms with E-state index in [2.05, 4.69) is 0 Å². The van der Waals surface area contributed by atoms with Crippen LogP contribution in [0.5, 0.6) is 0 Å². The maximum absolute atomic E-state index is 10.9. The fourth-order valence-electron chi connectivity index (χ4n) is 0.621. The summed E-state index contributed by atoms with van der Waals surface area (Å²) in [5, 5.41) is 8.47. The number of carbonyl (C=O) groups is 3. The fourth-order valence-corrected chi connectivity index (χ4v) is 0.958. The predicted molar refractivity (Wildman–Crippen MR) is 57.8 cm³/mol. The van der Waals surface area contributed by atoms with Crippen molar-refractivity contribution < 1.29 is 19.5 Å². The number of halogens is 1. The Balaban J connectivity index is 4.68. The molecule has 0 fully saturated rings. The lowest BCUT2D eigenvalue weighted by atomic mass is 10.4. The SMILES string of the molecule is CC(=O)/C(I)=C\N(CC(=O)O)C(C)=O. The normalized spacial score (nSPS) is 10.9. The second-order valence-electron chi connectivity index (χ2n) is 2.57. The van der Waals surface area contributed by atoms with Crippen molar-refractivity contribution in [2.24, 2.45) is 0 Å². The number of rotatable bonds is 4. The highest BCUT2D eigenvalue weighted by atomic mass is 127. The molecule has 0 atom stereocenters. The summed E-state index contributed by atoms with van der Waals surface area (Å²) in [4.78, 5) is 33.1. The van der Waals surface area contributed by atoms with Crippen LogP contribution in [0.3, 0.4) is 0 Å². The molecule has 0 radical (unpaired) electrons. The van der Waals surface area contributed by atoms with Crippen LogP contribution in [0.4, 0.5) is 0 Å². The van der Waals surface area contributed by atoms with Gasteiger partial charge in [-0.1, -0.05) is 0 Å². The molecule has 1 N–H and O–H groups in total. The zero-order chi connectivity index (χ0) is 11.3. The molecular weight excluding hydrogens is 301 g/mol. The van der Waals surface area contributed by atoms with Crippen molar-refractivity contribution in [3.8, 4) is 0 Å². The summed E-state index contributed by atoms with van der Waals surface area (Å²) >= 11 is 1.75. The van der Waals surface area contributed by atoms with Gasteiger partial charge in [0.15, 0.2) is 5.78 Å². The van der Waals surface area contributed by atoms with E-state index in [1.165, 1.54) is 20.0 Å². The number of hydrogen-bond donors (Lipinski definition) is 1. The first-order valence-corrected chi connectivity index (χ1v) is 4.79. The summed E-state index contributed by atoms with van der Waals surface area (Å²) in [6, 6.07) is 0. The topological polar surface area (TPSA) is 74.7 Å². The van der Waals surface area contributed by atoms with Crippen LogP contribution in [-0.4, -0.2) is 34.2 Å². The molecule has 1 amide bonds. The van der Waals surface area contributed by atoms with E-state index in [0.29, 0.717) is 3.58 Å². The minimum atomic E-state index is -1.12. The predicted octanol–water partition coefficient (Wildman–Crippen LogP) is 0.785. The van der Waals surface area contributed by atoms with Gasteiger partial charge in [-0.3, -0.25) is 14.4 Å². The molecule has 78 valence electrons. The third kappa shape index (κ3) is 4.95. The molecule has 0 aromatic rings. The molecule has 0 bridgehead atoms. The molecule has 0 aliphatic rings. The molecule has 0 aliphatic heterocycles. The first-order valence-electron chi connectivity index (χ1n) is 3.72. The van der Waals surface area contributed by atoms with Gasteiger partial charge in [-0.15, -0.1) is 0 Å². The van der Waals surface area contributed by atoms with Gasteiger partial charge in [-0.2, -0.15) is 0 Å². The highest BCUT2D eigenvalue weighted by Gasteiger charge is 2.11. The molecule has 0 unspecified atom stereocenters. The van der Waals surface area contributed by atoms with Crippen LogP contribution in [0.1, 0.15) is 13.8 Å². The van der Waals surface area contributed by atoms with Crippen molar-refractivity contribution in [3.05, 3.63) is 9.78 Å². The zero-order valence-corrected chi connectivity index (χ0v) is 9.94. The molecule has 0 spiro atoms. The smallest absolute Gasteiger partial charge is 0.323 e. The number of carboxylic acid groups (broad SMARTS) is 1. The summed E-state index contributed by atoms with van der Waals surface area (Å²) in [5.74, 6) is -1.74. The summed E-state index contributed by atoms with van der Waals surface area (Å²) in [7, 11) is 0. The largest absolute Gasteiger partial charge is 0.480 e. The van der Waals surface area contributed by atoms with Gasteiger partial charge in [0.25, 0.3) is 0 Å². The molecule has 0 heterocycles. The number of aliphatic carboxylic acids is 1. The number of allylic oxidation sites excluding steroid dienone is 1. The number of ketones is 1. The maximum Gasteiger partial charge on any atom is 0.323 e. The summed E-state index contributed by atoms with van der Waals surface area (Å²) < 4.78 is 0.319. The number of carbonyl (C=O) groups excluding carboxylic acids is 2. The quantitative estimate of drug-likeness (QED) is 0.615. The Labute approximate surface area is 94.9 Å². The number of nitrogens with zero attached hydrogens (tertiary/aromatic N) is 1. The molecule has 0 aromatic carbocycles. The molecule has 0 saturated carbocycles. The summed E-state index contributed by atoms with van der Waals surface area (Å²) in [6.45, 7) is 2.15. The second kappa shape index (κ2) is 5.74. The van der Waals surface area contributed by atoms with Crippen molar-refractivity contribution in [1.82, 2.24) is 4.90 Å². The van der Waals surface area contributed by atoms with E-state index < -0.39 is 18.4 Å². The fraction of sp³-hybridized carbons (Fsp3) is 0.375. The number of carboxylic acids is 1. The Hall–Kier alpha value is -0.920. The van der Waals surface area contributed by atoms with Crippen LogP contribution in [0.25, 0.3) is 0 Å². The zero-order valence-electron chi connectivity index (χ0n) is 7.78. The van der Waals surface area contributed by atoms with Crippen LogP contribution < -0.4 is 0 Å². The number of amides is 1. The second-order valence-corrected chi connectivity index (χ2v) is 3.74. The molecule has 0 saturated heterocycles. The molecule has 0 aromatic heterocycles. The van der Waals surface area contributed by atoms with Crippen molar-refractivity contribution in [3.63, 3.8) is 0 Å². The molecule has 6 heteroatoms. The Morgan fingerprint density at radius 2 is 1.86 bits per heavy atom. The van der Waals surface area contributed by atoms with Crippen LogP contribution >= 0.6 is 22.6 Å². The minimum Gasteiger partial charge on any atom is -0.480 e. The Bertz CT molecular complexity index is 298. The van der Waals surface area contributed by atoms with Gasteiger partial charge in [0.1, 0.15) is 6.54 Å². The van der Waals surface area contributed by atoms with Gasteiger partial charge in [0, 0.05) is 13.1 Å². The standard InChI is InChI=1S/C8H10INO4/c1-5(11)7(9)3-10(6(2)12)4-8(13)14/h3H,4H2,1-2H3,(H,13,14)/b7-3+. The van der Waals surface area contributed by atoms with Crippen LogP contribution in [0, 0.1) is 0 Å². The lowest BCUT2D eigenvalue weighted by Gasteiger charge is -2.13. The van der Waals surface area contributed by atoms with E-state index in [-0.39, 0.29) is 5.78 Å². The van der Waals surface area contributed by atoms with Crippen molar-refractivity contribution >= 4 is 40.3 Å².